The molecule has 1 aliphatic rings. The van der Waals surface area contributed by atoms with E-state index < -0.39 is 48.3 Å². The molecule has 0 bridgehead atoms. The molecule has 1 aromatic rings. The number of aromatic hydroxyl groups is 1. The Morgan fingerprint density at radius 1 is 1.13 bits per heavy atom. The summed E-state index contributed by atoms with van der Waals surface area (Å²) in [6, 6.07) is 6.01. The number of carbonyl (C=O) groups excluding carboxylic acids is 1. The number of aliphatic carboxylic acids is 1. The smallest absolute Gasteiger partial charge is 0.335 e. The molecule has 0 radical (unpaired) electrons. The predicted octanol–water partition coefficient (Wildman–Crippen LogP) is -0.0780. The normalized spacial score (nSPS) is 31.2. The van der Waals surface area contributed by atoms with Gasteiger partial charge in [0.15, 0.2) is 11.4 Å². The highest BCUT2D eigenvalue weighted by atomic mass is 16.4. The van der Waals surface area contributed by atoms with E-state index in [1.165, 1.54) is 18.2 Å². The molecule has 7 nitrogen and oxygen atoms in total. The van der Waals surface area contributed by atoms with E-state index in [1.807, 2.05) is 0 Å². The van der Waals surface area contributed by atoms with Gasteiger partial charge < -0.3 is 25.5 Å². The summed E-state index contributed by atoms with van der Waals surface area (Å²) in [5.74, 6) is -3.27. The lowest BCUT2D eigenvalue weighted by Crippen LogP contribution is -2.55. The lowest BCUT2D eigenvalue weighted by atomic mass is 9.73. The van der Waals surface area contributed by atoms with Crippen LogP contribution in [-0.2, 0) is 9.59 Å². The van der Waals surface area contributed by atoms with E-state index in [-0.39, 0.29) is 5.75 Å². The van der Waals surface area contributed by atoms with Gasteiger partial charge in [-0.2, -0.15) is 0 Å². The Morgan fingerprint density at radius 3 is 2.30 bits per heavy atom. The minimum absolute atomic E-state index is 0.0748. The lowest BCUT2D eigenvalue weighted by molar-refractivity contribution is -0.179. The molecule has 0 aliphatic heterocycles. The van der Waals surface area contributed by atoms with Crippen LogP contribution in [0.2, 0.25) is 0 Å². The van der Waals surface area contributed by atoms with Crippen molar-refractivity contribution in [2.75, 3.05) is 0 Å². The number of aliphatic hydroxyl groups excluding tert-OH is 2. The molecule has 23 heavy (non-hydrogen) atoms. The Bertz CT molecular complexity index is 622. The van der Waals surface area contributed by atoms with Crippen LogP contribution in [0.1, 0.15) is 18.4 Å². The summed E-state index contributed by atoms with van der Waals surface area (Å²) in [4.78, 5) is 23.3. The van der Waals surface area contributed by atoms with E-state index in [1.54, 1.807) is 12.1 Å². The number of carboxylic acids is 1. The predicted molar refractivity (Wildman–Crippen MR) is 79.5 cm³/mol. The second-order valence-electron chi connectivity index (χ2n) is 5.74. The van der Waals surface area contributed by atoms with Gasteiger partial charge in [-0.05, 0) is 30.2 Å². The fraction of sp³-hybridized carbons (Fsp3) is 0.375. The van der Waals surface area contributed by atoms with Crippen molar-refractivity contribution < 1.29 is 35.1 Å². The Hall–Kier alpha value is -2.22. The average molecular weight is 322 g/mol. The average Bonchev–Trinajstić information content (AvgIpc) is 2.50. The van der Waals surface area contributed by atoms with E-state index in [2.05, 4.69) is 0 Å². The number of hydrogen-bond donors (Lipinski definition) is 5. The fourth-order valence-electron chi connectivity index (χ4n) is 2.63. The molecule has 0 saturated heterocycles. The Morgan fingerprint density at radius 2 is 1.74 bits per heavy atom. The molecular weight excluding hydrogens is 304 g/mol. The number of benzene rings is 1. The van der Waals surface area contributed by atoms with E-state index >= 15 is 0 Å². The van der Waals surface area contributed by atoms with Crippen LogP contribution in [0.4, 0.5) is 0 Å². The molecule has 4 atom stereocenters. The second-order valence-corrected chi connectivity index (χ2v) is 5.74. The summed E-state index contributed by atoms with van der Waals surface area (Å²) in [5.41, 5.74) is -1.62. The first-order chi connectivity index (χ1) is 10.7. The van der Waals surface area contributed by atoms with Crippen molar-refractivity contribution in [2.24, 2.45) is 5.92 Å². The highest BCUT2D eigenvalue weighted by molar-refractivity contribution is 5.96. The lowest BCUT2D eigenvalue weighted by Gasteiger charge is -2.38. The minimum atomic E-state index is -2.24. The van der Waals surface area contributed by atoms with E-state index in [4.69, 9.17) is 5.11 Å². The van der Waals surface area contributed by atoms with E-state index in [0.29, 0.717) is 5.56 Å². The summed E-state index contributed by atoms with van der Waals surface area (Å²) in [7, 11) is 0. The van der Waals surface area contributed by atoms with Gasteiger partial charge in [-0.25, -0.2) is 4.79 Å². The first-order valence-corrected chi connectivity index (χ1v) is 7.06. The van der Waals surface area contributed by atoms with E-state index in [9.17, 15) is 30.0 Å². The third kappa shape index (κ3) is 3.76. The molecule has 0 unspecified atom stereocenters. The highest BCUT2D eigenvalue weighted by Crippen LogP contribution is 2.34. The number of carboxylic acid groups (broad SMARTS) is 1. The first kappa shape index (κ1) is 17.1. The highest BCUT2D eigenvalue weighted by Gasteiger charge is 2.50. The molecule has 0 amide bonds. The van der Waals surface area contributed by atoms with E-state index in [0.717, 1.165) is 6.08 Å². The number of rotatable bonds is 4. The van der Waals surface area contributed by atoms with Crippen molar-refractivity contribution in [2.45, 2.75) is 30.7 Å². The standard InChI is InChI=1S/C16H18O7/c17-10-4-1-9(2-5-10)3-6-12(18)11-7-16(23,15(21)22)8-13(19)14(11)20/h1-6,11,13-14,17,19-20,23H,7-8H2,(H,21,22)/b6-3+/t11-,13+,14-,16+/m0/s1. The molecule has 1 aromatic carbocycles. The molecule has 7 heteroatoms. The van der Waals surface area contributed by atoms with Gasteiger partial charge >= 0.3 is 5.97 Å². The van der Waals surface area contributed by atoms with Crippen LogP contribution in [0.15, 0.2) is 30.3 Å². The third-order valence-corrected chi connectivity index (χ3v) is 4.01. The zero-order valence-corrected chi connectivity index (χ0v) is 12.2. The van der Waals surface area contributed by atoms with Gasteiger partial charge in [-0.15, -0.1) is 0 Å². The van der Waals surface area contributed by atoms with Crippen LogP contribution >= 0.6 is 0 Å². The molecule has 5 N–H and O–H groups in total. The van der Waals surface area contributed by atoms with Crippen LogP contribution in [-0.4, -0.2) is 55.1 Å². The molecule has 0 heterocycles. The SMILES string of the molecule is O=C(/C=C/c1ccc(O)cc1)[C@@H]1C[C@](O)(C(=O)O)C[C@@H](O)[C@H]1O. The van der Waals surface area contributed by atoms with Gasteiger partial charge in [-0.3, -0.25) is 4.79 Å². The zero-order chi connectivity index (χ0) is 17.2. The third-order valence-electron chi connectivity index (χ3n) is 4.01. The fourth-order valence-corrected chi connectivity index (χ4v) is 2.63. The largest absolute Gasteiger partial charge is 0.508 e. The van der Waals surface area contributed by atoms with Gasteiger partial charge in [0.05, 0.1) is 18.1 Å². The minimum Gasteiger partial charge on any atom is -0.508 e. The molecule has 1 fully saturated rings. The van der Waals surface area contributed by atoms with Crippen LogP contribution < -0.4 is 0 Å². The second kappa shape index (κ2) is 6.49. The van der Waals surface area contributed by atoms with Crippen molar-refractivity contribution in [3.8, 4) is 5.75 Å². The molecule has 0 aromatic heterocycles. The zero-order valence-electron chi connectivity index (χ0n) is 12.2. The number of aliphatic hydroxyl groups is 3. The quantitative estimate of drug-likeness (QED) is 0.489. The van der Waals surface area contributed by atoms with Crippen LogP contribution in [0.25, 0.3) is 6.08 Å². The molecule has 1 aliphatic carbocycles. The molecule has 2 rings (SSSR count). The van der Waals surface area contributed by atoms with Crippen LogP contribution in [0.5, 0.6) is 5.75 Å². The maximum absolute atomic E-state index is 12.2. The number of phenols is 1. The summed E-state index contributed by atoms with van der Waals surface area (Å²) in [6.07, 6.45) is -1.35. The Kier molecular flexibility index (Phi) is 4.84. The van der Waals surface area contributed by atoms with Crippen LogP contribution in [0.3, 0.4) is 0 Å². The number of ketones is 1. The van der Waals surface area contributed by atoms with Gasteiger partial charge in [0.2, 0.25) is 0 Å². The number of allylic oxidation sites excluding steroid dienone is 1. The maximum atomic E-state index is 12.2. The first-order valence-electron chi connectivity index (χ1n) is 7.06. The number of phenolic OH excluding ortho intramolecular Hbond substituents is 1. The molecular formula is C16H18O7. The van der Waals surface area contributed by atoms with Gasteiger partial charge in [0.25, 0.3) is 0 Å². The number of hydrogen-bond acceptors (Lipinski definition) is 6. The van der Waals surface area contributed by atoms with Crippen molar-refractivity contribution in [1.29, 1.82) is 0 Å². The van der Waals surface area contributed by atoms with Crippen molar-refractivity contribution in [3.05, 3.63) is 35.9 Å². The monoisotopic (exact) mass is 322 g/mol. The topological polar surface area (TPSA) is 135 Å². The number of carbonyl (C=O) groups is 2. The summed E-state index contributed by atoms with van der Waals surface area (Å²) >= 11 is 0. The summed E-state index contributed by atoms with van der Waals surface area (Å²) in [6.45, 7) is 0. The van der Waals surface area contributed by atoms with Gasteiger partial charge in [-0.1, -0.05) is 18.2 Å². The van der Waals surface area contributed by atoms with Crippen molar-refractivity contribution in [1.82, 2.24) is 0 Å². The summed E-state index contributed by atoms with van der Waals surface area (Å²) in [5, 5.41) is 47.8. The molecule has 0 spiro atoms. The molecule has 1 saturated carbocycles. The van der Waals surface area contributed by atoms with Gasteiger partial charge in [0, 0.05) is 6.42 Å². The van der Waals surface area contributed by atoms with Crippen molar-refractivity contribution >= 4 is 17.8 Å². The maximum Gasteiger partial charge on any atom is 0.335 e. The van der Waals surface area contributed by atoms with Gasteiger partial charge in [0.1, 0.15) is 5.75 Å². The summed E-state index contributed by atoms with van der Waals surface area (Å²) < 4.78 is 0. The molecule has 124 valence electrons. The van der Waals surface area contributed by atoms with Crippen LogP contribution in [0, 0.1) is 5.92 Å². The Labute approximate surface area is 132 Å². The van der Waals surface area contributed by atoms with Crippen molar-refractivity contribution in [3.63, 3.8) is 0 Å². The Balaban J connectivity index is 2.16.